The van der Waals surface area contributed by atoms with Crippen LogP contribution >= 0.6 is 0 Å². The van der Waals surface area contributed by atoms with Gasteiger partial charge in [0, 0.05) is 12.3 Å². The van der Waals surface area contributed by atoms with Gasteiger partial charge in [-0.25, -0.2) is 0 Å². The largest absolute Gasteiger partial charge is 0.416 e. The molecule has 1 aromatic rings. The number of alkyl halides is 3. The molecule has 86 valence electrons. The first kappa shape index (κ1) is 11.2. The lowest BCUT2D eigenvalue weighted by molar-refractivity contribution is -0.137. The molecule has 4 heteroatoms. The zero-order chi connectivity index (χ0) is 11.8. The van der Waals surface area contributed by atoms with Crippen LogP contribution in [0.25, 0.3) is 0 Å². The number of halogens is 3. The molecule has 1 aromatic carbocycles. The van der Waals surface area contributed by atoms with Crippen LogP contribution in [0, 0.1) is 5.92 Å². The molecule has 0 unspecified atom stereocenters. The van der Waals surface area contributed by atoms with Gasteiger partial charge < -0.3 is 0 Å². The molecule has 0 spiro atoms. The van der Waals surface area contributed by atoms with Crippen molar-refractivity contribution in [3.05, 3.63) is 35.4 Å². The van der Waals surface area contributed by atoms with E-state index >= 15 is 0 Å². The molecule has 1 aliphatic rings. The van der Waals surface area contributed by atoms with Crippen molar-refractivity contribution < 1.29 is 18.0 Å². The van der Waals surface area contributed by atoms with Gasteiger partial charge in [0.15, 0.2) is 0 Å². The summed E-state index contributed by atoms with van der Waals surface area (Å²) in [4.78, 5) is 11.4. The molecule has 2 rings (SSSR count). The molecule has 0 amide bonds. The van der Waals surface area contributed by atoms with Crippen molar-refractivity contribution in [1.29, 1.82) is 0 Å². The van der Waals surface area contributed by atoms with Crippen LogP contribution in [-0.4, -0.2) is 5.78 Å². The summed E-state index contributed by atoms with van der Waals surface area (Å²) in [5, 5.41) is 0. The van der Waals surface area contributed by atoms with Gasteiger partial charge in [0.2, 0.25) is 0 Å². The van der Waals surface area contributed by atoms with Crippen molar-refractivity contribution in [2.45, 2.75) is 25.4 Å². The van der Waals surface area contributed by atoms with E-state index in [0.717, 1.165) is 25.0 Å². The van der Waals surface area contributed by atoms with E-state index < -0.39 is 11.7 Å². The number of rotatable bonds is 3. The third kappa shape index (κ3) is 2.62. The minimum absolute atomic E-state index is 0.139. The number of carbonyl (C=O) groups is 1. The lowest BCUT2D eigenvalue weighted by Gasteiger charge is -2.07. The average Bonchev–Trinajstić information content (AvgIpc) is 3.00. The molecule has 0 bridgehead atoms. The number of Topliss-reactive ketones (excluding diaryl/α,β-unsaturated/α-hetero) is 1. The SMILES string of the molecule is O=C(Cc1ccc(C(F)(F)F)cc1)C1CC1. The molecule has 0 heterocycles. The van der Waals surface area contributed by atoms with E-state index in [2.05, 4.69) is 0 Å². The Morgan fingerprint density at radius 3 is 2.19 bits per heavy atom. The van der Waals surface area contributed by atoms with E-state index in [9.17, 15) is 18.0 Å². The van der Waals surface area contributed by atoms with Gasteiger partial charge in [0.1, 0.15) is 5.78 Å². The van der Waals surface area contributed by atoms with E-state index in [1.165, 1.54) is 12.1 Å². The van der Waals surface area contributed by atoms with E-state index in [1.54, 1.807) is 0 Å². The van der Waals surface area contributed by atoms with Crippen LogP contribution in [-0.2, 0) is 17.4 Å². The second kappa shape index (κ2) is 3.92. The van der Waals surface area contributed by atoms with Crippen molar-refractivity contribution in [3.8, 4) is 0 Å². The third-order valence-corrected chi connectivity index (χ3v) is 2.69. The van der Waals surface area contributed by atoms with Crippen LogP contribution in [0.3, 0.4) is 0 Å². The second-order valence-corrected chi connectivity index (χ2v) is 4.11. The number of carbonyl (C=O) groups excluding carboxylic acids is 1. The quantitative estimate of drug-likeness (QED) is 0.776. The number of benzene rings is 1. The van der Waals surface area contributed by atoms with E-state index in [-0.39, 0.29) is 18.1 Å². The highest BCUT2D eigenvalue weighted by molar-refractivity contribution is 5.85. The van der Waals surface area contributed by atoms with Gasteiger partial charge in [0.25, 0.3) is 0 Å². The summed E-state index contributed by atoms with van der Waals surface area (Å²) in [6.07, 6.45) is -2.19. The molecule has 0 N–H and O–H groups in total. The Morgan fingerprint density at radius 1 is 1.19 bits per heavy atom. The molecule has 1 aliphatic carbocycles. The predicted molar refractivity (Wildman–Crippen MR) is 52.9 cm³/mol. The molecule has 0 atom stereocenters. The molecule has 0 aromatic heterocycles. The Bertz CT molecular complexity index is 388. The van der Waals surface area contributed by atoms with E-state index in [1.807, 2.05) is 0 Å². The number of ketones is 1. The minimum Gasteiger partial charge on any atom is -0.299 e. The van der Waals surface area contributed by atoms with Crippen LogP contribution in [0.2, 0.25) is 0 Å². The molecular formula is C12H11F3O. The van der Waals surface area contributed by atoms with Crippen LogP contribution in [0.5, 0.6) is 0 Å². The zero-order valence-corrected chi connectivity index (χ0v) is 8.55. The first-order valence-electron chi connectivity index (χ1n) is 5.15. The number of hydrogen-bond donors (Lipinski definition) is 0. The van der Waals surface area contributed by atoms with E-state index in [4.69, 9.17) is 0 Å². The summed E-state index contributed by atoms with van der Waals surface area (Å²) in [6, 6.07) is 4.80. The Labute approximate surface area is 91.3 Å². The standard InChI is InChI=1S/C12H11F3O/c13-12(14,15)10-5-1-8(2-6-10)7-11(16)9-3-4-9/h1-2,5-6,9H,3-4,7H2. The van der Waals surface area contributed by atoms with Gasteiger partial charge in [-0.3, -0.25) is 4.79 Å². The average molecular weight is 228 g/mol. The highest BCUT2D eigenvalue weighted by Crippen LogP contribution is 2.32. The Balaban J connectivity index is 2.04. The summed E-state index contributed by atoms with van der Waals surface area (Å²) in [5.74, 6) is 0.294. The molecule has 16 heavy (non-hydrogen) atoms. The molecule has 0 radical (unpaired) electrons. The van der Waals surface area contributed by atoms with Crippen molar-refractivity contribution in [1.82, 2.24) is 0 Å². The minimum atomic E-state index is -4.31. The molecular weight excluding hydrogens is 217 g/mol. The lowest BCUT2D eigenvalue weighted by Crippen LogP contribution is -2.07. The topological polar surface area (TPSA) is 17.1 Å². The lowest BCUT2D eigenvalue weighted by atomic mass is 10.0. The zero-order valence-electron chi connectivity index (χ0n) is 8.55. The van der Waals surface area contributed by atoms with Gasteiger partial charge in [-0.1, -0.05) is 12.1 Å². The maximum absolute atomic E-state index is 12.3. The second-order valence-electron chi connectivity index (χ2n) is 4.11. The van der Waals surface area contributed by atoms with E-state index in [0.29, 0.717) is 5.56 Å². The molecule has 0 aliphatic heterocycles. The van der Waals surface area contributed by atoms with Crippen LogP contribution in [0.15, 0.2) is 24.3 Å². The highest BCUT2D eigenvalue weighted by atomic mass is 19.4. The molecule has 0 saturated heterocycles. The van der Waals surface area contributed by atoms with Crippen LogP contribution in [0.1, 0.15) is 24.0 Å². The third-order valence-electron chi connectivity index (χ3n) is 2.69. The molecule has 1 saturated carbocycles. The van der Waals surface area contributed by atoms with Crippen molar-refractivity contribution in [2.75, 3.05) is 0 Å². The monoisotopic (exact) mass is 228 g/mol. The summed E-state index contributed by atoms with van der Waals surface area (Å²) in [5.41, 5.74) is -0.0139. The molecule has 1 fully saturated rings. The predicted octanol–water partition coefficient (Wildman–Crippen LogP) is 3.23. The fraction of sp³-hybridized carbons (Fsp3) is 0.417. The van der Waals surface area contributed by atoms with Gasteiger partial charge >= 0.3 is 6.18 Å². The Hall–Kier alpha value is -1.32. The molecule has 1 nitrogen and oxygen atoms in total. The first-order chi connectivity index (χ1) is 7.47. The van der Waals surface area contributed by atoms with Gasteiger partial charge in [0.05, 0.1) is 5.56 Å². The van der Waals surface area contributed by atoms with Crippen molar-refractivity contribution in [3.63, 3.8) is 0 Å². The van der Waals surface area contributed by atoms with Gasteiger partial charge in [-0.05, 0) is 30.5 Å². The van der Waals surface area contributed by atoms with Crippen LogP contribution < -0.4 is 0 Å². The van der Waals surface area contributed by atoms with Crippen molar-refractivity contribution >= 4 is 5.78 Å². The smallest absolute Gasteiger partial charge is 0.299 e. The summed E-state index contributed by atoms with van der Waals surface area (Å²) >= 11 is 0. The number of hydrogen-bond acceptors (Lipinski definition) is 1. The fourth-order valence-electron chi connectivity index (χ4n) is 1.56. The Kier molecular flexibility index (Phi) is 2.74. The van der Waals surface area contributed by atoms with Gasteiger partial charge in [-0.15, -0.1) is 0 Å². The highest BCUT2D eigenvalue weighted by Gasteiger charge is 2.31. The summed E-state index contributed by atoms with van der Waals surface area (Å²) in [7, 11) is 0. The van der Waals surface area contributed by atoms with Gasteiger partial charge in [-0.2, -0.15) is 13.2 Å². The summed E-state index contributed by atoms with van der Waals surface area (Å²) < 4.78 is 36.8. The van der Waals surface area contributed by atoms with Crippen molar-refractivity contribution in [2.24, 2.45) is 5.92 Å². The fourth-order valence-corrected chi connectivity index (χ4v) is 1.56. The Morgan fingerprint density at radius 2 is 1.75 bits per heavy atom. The summed E-state index contributed by atoms with van der Waals surface area (Å²) in [6.45, 7) is 0. The van der Waals surface area contributed by atoms with Crippen LogP contribution in [0.4, 0.5) is 13.2 Å². The normalized spacial score (nSPS) is 16.2. The first-order valence-corrected chi connectivity index (χ1v) is 5.15. The maximum Gasteiger partial charge on any atom is 0.416 e. The maximum atomic E-state index is 12.3.